The van der Waals surface area contributed by atoms with Crippen LogP contribution in [0.2, 0.25) is 0 Å². The highest BCUT2D eigenvalue weighted by Gasteiger charge is 2.16. The molecule has 0 aliphatic carbocycles. The second kappa shape index (κ2) is 6.42. The van der Waals surface area contributed by atoms with Crippen LogP contribution < -0.4 is 5.32 Å². The van der Waals surface area contributed by atoms with Gasteiger partial charge in [0.2, 0.25) is 0 Å². The van der Waals surface area contributed by atoms with Crippen molar-refractivity contribution >= 4 is 17.7 Å². The van der Waals surface area contributed by atoms with E-state index in [-0.39, 0.29) is 12.0 Å². The molecule has 1 N–H and O–H groups in total. The number of hydrogen-bond donors (Lipinski definition) is 1. The standard InChI is InChI=1S/C10H14N2O2S/c1-11-9(10(13)14-2)7-15-8-3-5-12-6-4-8/h3-6,9,11H,7H2,1-2H3. The molecule has 0 aliphatic heterocycles. The van der Waals surface area contributed by atoms with Gasteiger partial charge in [-0.3, -0.25) is 9.78 Å². The maximum atomic E-state index is 11.3. The van der Waals surface area contributed by atoms with E-state index in [9.17, 15) is 4.79 Å². The average molecular weight is 226 g/mol. The van der Waals surface area contributed by atoms with Gasteiger partial charge in [0.05, 0.1) is 7.11 Å². The number of esters is 1. The fourth-order valence-electron chi connectivity index (χ4n) is 1.03. The SMILES string of the molecule is CNC(CSc1ccncc1)C(=O)OC. The molecule has 82 valence electrons. The monoisotopic (exact) mass is 226 g/mol. The van der Waals surface area contributed by atoms with Gasteiger partial charge in [0.1, 0.15) is 6.04 Å². The first-order valence-corrected chi connectivity index (χ1v) is 5.54. The maximum absolute atomic E-state index is 11.3. The molecule has 0 spiro atoms. The van der Waals surface area contributed by atoms with Gasteiger partial charge in [0, 0.05) is 23.0 Å². The normalized spacial score (nSPS) is 12.1. The van der Waals surface area contributed by atoms with Gasteiger partial charge in [-0.1, -0.05) is 0 Å². The Morgan fingerprint density at radius 1 is 1.60 bits per heavy atom. The zero-order valence-electron chi connectivity index (χ0n) is 8.77. The lowest BCUT2D eigenvalue weighted by molar-refractivity contribution is -0.142. The summed E-state index contributed by atoms with van der Waals surface area (Å²) in [6, 6.07) is 3.55. The topological polar surface area (TPSA) is 51.2 Å². The van der Waals surface area contributed by atoms with Gasteiger partial charge < -0.3 is 10.1 Å². The molecule has 1 unspecified atom stereocenters. The van der Waals surface area contributed by atoms with Crippen LogP contribution in [0.1, 0.15) is 0 Å². The van der Waals surface area contributed by atoms with E-state index in [4.69, 9.17) is 0 Å². The maximum Gasteiger partial charge on any atom is 0.323 e. The highest BCUT2D eigenvalue weighted by atomic mass is 32.2. The third-order valence-electron chi connectivity index (χ3n) is 1.90. The Morgan fingerprint density at radius 3 is 2.80 bits per heavy atom. The molecule has 0 amide bonds. The zero-order valence-corrected chi connectivity index (χ0v) is 9.58. The molecule has 1 heterocycles. The third kappa shape index (κ3) is 3.89. The van der Waals surface area contributed by atoms with Crippen LogP contribution in [0.5, 0.6) is 0 Å². The molecule has 1 aromatic rings. The van der Waals surface area contributed by atoms with Gasteiger partial charge in [0.25, 0.3) is 0 Å². The lowest BCUT2D eigenvalue weighted by atomic mass is 10.3. The van der Waals surface area contributed by atoms with E-state index in [0.29, 0.717) is 5.75 Å². The van der Waals surface area contributed by atoms with E-state index in [1.165, 1.54) is 7.11 Å². The van der Waals surface area contributed by atoms with Crippen LogP contribution in [0, 0.1) is 0 Å². The minimum Gasteiger partial charge on any atom is -0.468 e. The minimum atomic E-state index is -0.270. The smallest absolute Gasteiger partial charge is 0.323 e. The Hall–Kier alpha value is -1.07. The number of carbonyl (C=O) groups excluding carboxylic acids is 1. The van der Waals surface area contributed by atoms with Crippen LogP contribution in [-0.4, -0.2) is 36.9 Å². The molecule has 0 aliphatic rings. The number of rotatable bonds is 5. The molecule has 0 radical (unpaired) electrons. The molecule has 0 saturated carbocycles. The van der Waals surface area contributed by atoms with Crippen LogP contribution >= 0.6 is 11.8 Å². The van der Waals surface area contributed by atoms with Gasteiger partial charge in [-0.05, 0) is 19.2 Å². The van der Waals surface area contributed by atoms with E-state index in [0.717, 1.165) is 4.90 Å². The van der Waals surface area contributed by atoms with Gasteiger partial charge >= 0.3 is 5.97 Å². The summed E-state index contributed by atoms with van der Waals surface area (Å²) in [5, 5.41) is 2.91. The number of methoxy groups -OCH3 is 1. The Kier molecular flexibility index (Phi) is 5.14. The van der Waals surface area contributed by atoms with Crippen molar-refractivity contribution in [1.29, 1.82) is 0 Å². The second-order valence-electron chi connectivity index (χ2n) is 2.86. The Labute approximate surface area is 93.4 Å². The van der Waals surface area contributed by atoms with Gasteiger partial charge in [0.15, 0.2) is 0 Å². The van der Waals surface area contributed by atoms with Gasteiger partial charge in [-0.2, -0.15) is 0 Å². The molecule has 4 nitrogen and oxygen atoms in total. The van der Waals surface area contributed by atoms with Crippen molar-refractivity contribution < 1.29 is 9.53 Å². The highest BCUT2D eigenvalue weighted by Crippen LogP contribution is 2.17. The molecule has 1 rings (SSSR count). The van der Waals surface area contributed by atoms with Gasteiger partial charge in [-0.15, -0.1) is 11.8 Å². The van der Waals surface area contributed by atoms with Crippen LogP contribution in [-0.2, 0) is 9.53 Å². The summed E-state index contributed by atoms with van der Waals surface area (Å²) in [6.07, 6.45) is 3.46. The van der Waals surface area contributed by atoms with Crippen LogP contribution in [0.25, 0.3) is 0 Å². The van der Waals surface area contributed by atoms with Crippen molar-refractivity contribution in [2.75, 3.05) is 19.9 Å². The van der Waals surface area contributed by atoms with Crippen molar-refractivity contribution in [2.45, 2.75) is 10.9 Å². The number of nitrogens with one attached hydrogen (secondary N) is 1. The number of ether oxygens (including phenoxy) is 1. The number of carbonyl (C=O) groups is 1. The number of likely N-dealkylation sites (N-methyl/N-ethyl adjacent to an activating group) is 1. The number of nitrogens with zero attached hydrogens (tertiary/aromatic N) is 1. The largest absolute Gasteiger partial charge is 0.468 e. The highest BCUT2D eigenvalue weighted by molar-refractivity contribution is 7.99. The number of thioether (sulfide) groups is 1. The summed E-state index contributed by atoms with van der Waals surface area (Å²) in [5.41, 5.74) is 0. The second-order valence-corrected chi connectivity index (χ2v) is 3.95. The predicted molar refractivity (Wildman–Crippen MR) is 59.8 cm³/mol. The number of hydrogen-bond acceptors (Lipinski definition) is 5. The van der Waals surface area contributed by atoms with Crippen molar-refractivity contribution in [3.05, 3.63) is 24.5 Å². The van der Waals surface area contributed by atoms with Crippen molar-refractivity contribution in [1.82, 2.24) is 10.3 Å². The molecule has 1 atom stereocenters. The van der Waals surface area contributed by atoms with E-state index >= 15 is 0 Å². The van der Waals surface area contributed by atoms with Crippen molar-refractivity contribution in [2.24, 2.45) is 0 Å². The van der Waals surface area contributed by atoms with Gasteiger partial charge in [-0.25, -0.2) is 0 Å². The summed E-state index contributed by atoms with van der Waals surface area (Å²) in [6.45, 7) is 0. The Balaban J connectivity index is 2.44. The molecule has 0 aromatic carbocycles. The number of aromatic nitrogens is 1. The first-order chi connectivity index (χ1) is 7.27. The lowest BCUT2D eigenvalue weighted by Crippen LogP contribution is -2.37. The van der Waals surface area contributed by atoms with E-state index in [1.54, 1.807) is 31.2 Å². The molecule has 0 saturated heterocycles. The third-order valence-corrected chi connectivity index (χ3v) is 3.01. The van der Waals surface area contributed by atoms with E-state index < -0.39 is 0 Å². The first kappa shape index (κ1) is 12.0. The predicted octanol–water partition coefficient (Wildman–Crippen LogP) is 0.935. The zero-order chi connectivity index (χ0) is 11.1. The quantitative estimate of drug-likeness (QED) is 0.598. The van der Waals surface area contributed by atoms with E-state index in [1.807, 2.05) is 12.1 Å². The summed E-state index contributed by atoms with van der Waals surface area (Å²) in [7, 11) is 3.14. The Bertz CT molecular complexity index is 306. The molecule has 0 fully saturated rings. The van der Waals surface area contributed by atoms with Crippen LogP contribution in [0.15, 0.2) is 29.4 Å². The molecule has 1 aromatic heterocycles. The molecule has 5 heteroatoms. The molecule has 0 bridgehead atoms. The first-order valence-electron chi connectivity index (χ1n) is 4.56. The fourth-order valence-corrected chi connectivity index (χ4v) is 2.00. The fraction of sp³-hybridized carbons (Fsp3) is 0.400. The lowest BCUT2D eigenvalue weighted by Gasteiger charge is -2.12. The summed E-state index contributed by atoms with van der Waals surface area (Å²) < 4.78 is 4.66. The van der Waals surface area contributed by atoms with E-state index in [2.05, 4.69) is 15.0 Å². The average Bonchev–Trinajstić information content (AvgIpc) is 2.31. The minimum absolute atomic E-state index is 0.237. The molecular weight excluding hydrogens is 212 g/mol. The molecular formula is C10H14N2O2S. The number of pyridine rings is 1. The Morgan fingerprint density at radius 2 is 2.27 bits per heavy atom. The summed E-state index contributed by atoms with van der Waals surface area (Å²) in [5.74, 6) is 0.409. The molecule has 15 heavy (non-hydrogen) atoms. The van der Waals surface area contributed by atoms with Crippen molar-refractivity contribution in [3.8, 4) is 0 Å². The van der Waals surface area contributed by atoms with Crippen LogP contribution in [0.4, 0.5) is 0 Å². The summed E-state index contributed by atoms with van der Waals surface area (Å²) >= 11 is 1.59. The summed E-state index contributed by atoms with van der Waals surface area (Å²) in [4.78, 5) is 16.3. The van der Waals surface area contributed by atoms with Crippen molar-refractivity contribution in [3.63, 3.8) is 0 Å². The van der Waals surface area contributed by atoms with Crippen LogP contribution in [0.3, 0.4) is 0 Å².